The van der Waals surface area contributed by atoms with E-state index in [1.165, 1.54) is 15.1 Å². The summed E-state index contributed by atoms with van der Waals surface area (Å²) < 4.78 is 28.6. The van der Waals surface area contributed by atoms with E-state index in [0.29, 0.717) is 12.5 Å². The quantitative estimate of drug-likeness (QED) is 0.853. The summed E-state index contributed by atoms with van der Waals surface area (Å²) in [5.41, 5.74) is 1.78. The number of hydrogen-bond donors (Lipinski definition) is 0. The molecule has 1 aliphatic heterocycles. The summed E-state index contributed by atoms with van der Waals surface area (Å²) in [6.07, 6.45) is 2.23. The lowest BCUT2D eigenvalue weighted by Crippen LogP contribution is -2.36. The van der Waals surface area contributed by atoms with Crippen molar-refractivity contribution in [3.05, 3.63) is 41.3 Å². The molecular formula is C14H16ClN3O2S. The van der Waals surface area contributed by atoms with Gasteiger partial charge in [0, 0.05) is 19.8 Å². The van der Waals surface area contributed by atoms with E-state index in [1.807, 2.05) is 24.3 Å². The normalized spacial score (nSPS) is 18.6. The Hall–Kier alpha value is -1.53. The number of benzene rings is 1. The van der Waals surface area contributed by atoms with Gasteiger partial charge in [-0.2, -0.15) is 8.42 Å². The summed E-state index contributed by atoms with van der Waals surface area (Å²) in [5.74, 6) is 0.347. The molecule has 21 heavy (non-hydrogen) atoms. The molecule has 7 heteroatoms. The highest BCUT2D eigenvalue weighted by molar-refractivity contribution is 7.92. The first-order valence-electron chi connectivity index (χ1n) is 6.72. The number of nitrogens with zero attached hydrogens (tertiary/aromatic N) is 3. The highest BCUT2D eigenvalue weighted by Gasteiger charge is 2.33. The number of aromatic nitrogens is 2. The van der Waals surface area contributed by atoms with Crippen LogP contribution >= 0.6 is 11.6 Å². The van der Waals surface area contributed by atoms with Crippen LogP contribution in [0.2, 0.25) is 5.28 Å². The molecule has 0 saturated carbocycles. The van der Waals surface area contributed by atoms with E-state index < -0.39 is 10.0 Å². The summed E-state index contributed by atoms with van der Waals surface area (Å²) >= 11 is 5.87. The zero-order valence-corrected chi connectivity index (χ0v) is 13.4. The summed E-state index contributed by atoms with van der Waals surface area (Å²) in [6, 6.07) is 7.61. The van der Waals surface area contributed by atoms with Gasteiger partial charge in [0.15, 0.2) is 5.03 Å². The van der Waals surface area contributed by atoms with E-state index in [1.54, 1.807) is 7.05 Å². The van der Waals surface area contributed by atoms with Crippen LogP contribution in [0.5, 0.6) is 0 Å². The molecule has 0 N–H and O–H groups in total. The molecule has 1 aromatic heterocycles. The summed E-state index contributed by atoms with van der Waals surface area (Å²) in [5, 5.41) is 0.145. The van der Waals surface area contributed by atoms with Gasteiger partial charge in [-0.1, -0.05) is 25.1 Å². The van der Waals surface area contributed by atoms with E-state index >= 15 is 0 Å². The maximum absolute atomic E-state index is 12.8. The number of halogens is 1. The number of imidazole rings is 1. The van der Waals surface area contributed by atoms with Crippen molar-refractivity contribution in [3.63, 3.8) is 0 Å². The average Bonchev–Trinajstić information content (AvgIpc) is 2.80. The van der Waals surface area contributed by atoms with Crippen LogP contribution in [0.15, 0.2) is 35.5 Å². The molecule has 0 amide bonds. The van der Waals surface area contributed by atoms with Crippen molar-refractivity contribution in [2.45, 2.75) is 24.3 Å². The van der Waals surface area contributed by atoms with Gasteiger partial charge in [0.1, 0.15) is 0 Å². The molecule has 0 bridgehead atoms. The van der Waals surface area contributed by atoms with Gasteiger partial charge in [-0.15, -0.1) is 0 Å². The third kappa shape index (κ3) is 2.32. The lowest BCUT2D eigenvalue weighted by Gasteiger charge is -2.32. The Labute approximate surface area is 129 Å². The standard InChI is InChI=1S/C14H16ClN3O2S/c1-10-7-8-18(12-6-4-3-5-11(10)12)21(19,20)13-9-17(2)14(15)16-13/h3-6,9-10H,7-8H2,1-2H3/t10-/m1/s1. The fourth-order valence-corrected chi connectivity index (χ4v) is 4.30. The number of hydrogen-bond acceptors (Lipinski definition) is 3. The van der Waals surface area contributed by atoms with Crippen molar-refractivity contribution in [3.8, 4) is 0 Å². The Morgan fingerprint density at radius 2 is 2.05 bits per heavy atom. The Balaban J connectivity index is 2.10. The third-order valence-electron chi connectivity index (χ3n) is 3.85. The van der Waals surface area contributed by atoms with Gasteiger partial charge in [0.25, 0.3) is 10.0 Å². The smallest absolute Gasteiger partial charge is 0.283 e. The second-order valence-corrected chi connectivity index (χ2v) is 7.43. The Morgan fingerprint density at radius 1 is 1.33 bits per heavy atom. The van der Waals surface area contributed by atoms with Crippen molar-refractivity contribution >= 4 is 27.3 Å². The molecule has 3 rings (SSSR count). The number of anilines is 1. The van der Waals surface area contributed by atoms with Crippen LogP contribution in [0.4, 0.5) is 5.69 Å². The van der Waals surface area contributed by atoms with Gasteiger partial charge in [-0.25, -0.2) is 4.98 Å². The van der Waals surface area contributed by atoms with Crippen LogP contribution in [-0.2, 0) is 17.1 Å². The lowest BCUT2D eigenvalue weighted by atomic mass is 9.93. The third-order valence-corrected chi connectivity index (χ3v) is 5.89. The molecule has 1 aliphatic rings. The number of fused-ring (bicyclic) bond motifs is 1. The highest BCUT2D eigenvalue weighted by atomic mass is 35.5. The van der Waals surface area contributed by atoms with Crippen LogP contribution in [0.3, 0.4) is 0 Å². The predicted octanol–water partition coefficient (Wildman–Crippen LogP) is 2.78. The topological polar surface area (TPSA) is 55.2 Å². The van der Waals surface area contributed by atoms with Crippen LogP contribution in [-0.4, -0.2) is 24.5 Å². The molecule has 5 nitrogen and oxygen atoms in total. The summed E-state index contributed by atoms with van der Waals surface area (Å²) in [7, 11) is -2.02. The zero-order valence-electron chi connectivity index (χ0n) is 11.8. The SMILES string of the molecule is C[C@@H]1CCN(S(=O)(=O)c2cn(C)c(Cl)n2)c2ccccc21. The van der Waals surface area contributed by atoms with Gasteiger partial charge < -0.3 is 4.57 Å². The summed E-state index contributed by atoms with van der Waals surface area (Å²) in [6.45, 7) is 2.56. The zero-order chi connectivity index (χ0) is 15.2. The van der Waals surface area contributed by atoms with Crippen LogP contribution in [0.1, 0.15) is 24.8 Å². The molecule has 0 aliphatic carbocycles. The van der Waals surface area contributed by atoms with Crippen molar-refractivity contribution in [1.29, 1.82) is 0 Å². The van der Waals surface area contributed by atoms with Crippen LogP contribution in [0, 0.1) is 0 Å². The van der Waals surface area contributed by atoms with E-state index in [2.05, 4.69) is 11.9 Å². The molecular weight excluding hydrogens is 310 g/mol. The highest BCUT2D eigenvalue weighted by Crippen LogP contribution is 2.37. The molecule has 112 valence electrons. The van der Waals surface area contributed by atoms with E-state index in [-0.39, 0.29) is 10.3 Å². The van der Waals surface area contributed by atoms with Crippen molar-refractivity contribution in [1.82, 2.24) is 9.55 Å². The first kappa shape index (κ1) is 14.4. The van der Waals surface area contributed by atoms with E-state index in [4.69, 9.17) is 11.6 Å². The molecule has 0 radical (unpaired) electrons. The average molecular weight is 326 g/mol. The Morgan fingerprint density at radius 3 is 2.71 bits per heavy atom. The predicted molar refractivity (Wildman–Crippen MR) is 82.2 cm³/mol. The molecule has 0 spiro atoms. The maximum Gasteiger partial charge on any atom is 0.283 e. The molecule has 1 aromatic carbocycles. The second kappa shape index (κ2) is 5.03. The second-order valence-electron chi connectivity index (χ2n) is 5.28. The number of rotatable bonds is 2. The minimum absolute atomic E-state index is 0.0145. The van der Waals surface area contributed by atoms with Crippen molar-refractivity contribution < 1.29 is 8.42 Å². The fourth-order valence-electron chi connectivity index (χ4n) is 2.62. The molecule has 0 fully saturated rings. The van der Waals surface area contributed by atoms with E-state index in [9.17, 15) is 8.42 Å². The van der Waals surface area contributed by atoms with Gasteiger partial charge in [-0.05, 0) is 35.6 Å². The van der Waals surface area contributed by atoms with E-state index in [0.717, 1.165) is 17.7 Å². The first-order valence-corrected chi connectivity index (χ1v) is 8.53. The van der Waals surface area contributed by atoms with Crippen molar-refractivity contribution in [2.75, 3.05) is 10.8 Å². The Bertz CT molecular complexity index is 766. The molecule has 0 saturated heterocycles. The number of para-hydroxylation sites is 1. The molecule has 0 unspecified atom stereocenters. The van der Waals surface area contributed by atoms with Crippen LogP contribution in [0.25, 0.3) is 0 Å². The number of aryl methyl sites for hydroxylation is 1. The van der Waals surface area contributed by atoms with Gasteiger partial charge in [-0.3, -0.25) is 4.31 Å². The van der Waals surface area contributed by atoms with Crippen LogP contribution < -0.4 is 4.31 Å². The summed E-state index contributed by atoms with van der Waals surface area (Å²) in [4.78, 5) is 3.95. The molecule has 1 atom stereocenters. The minimum Gasteiger partial charge on any atom is -0.323 e. The Kier molecular flexibility index (Phi) is 3.45. The van der Waals surface area contributed by atoms with Gasteiger partial charge >= 0.3 is 0 Å². The largest absolute Gasteiger partial charge is 0.323 e. The first-order chi connectivity index (χ1) is 9.91. The molecule has 2 aromatic rings. The monoisotopic (exact) mass is 325 g/mol. The van der Waals surface area contributed by atoms with Gasteiger partial charge in [0.05, 0.1) is 5.69 Å². The number of sulfonamides is 1. The molecule has 2 heterocycles. The van der Waals surface area contributed by atoms with Crippen molar-refractivity contribution in [2.24, 2.45) is 7.05 Å². The fraction of sp³-hybridized carbons (Fsp3) is 0.357. The minimum atomic E-state index is -3.68. The maximum atomic E-state index is 12.8. The van der Waals surface area contributed by atoms with Gasteiger partial charge in [0.2, 0.25) is 5.28 Å². The lowest BCUT2D eigenvalue weighted by molar-refractivity contribution is 0.575.